The molecule has 0 amide bonds. The van der Waals surface area contributed by atoms with Gasteiger partial charge in [-0.25, -0.2) is 8.78 Å². The van der Waals surface area contributed by atoms with Crippen molar-refractivity contribution >= 4 is 0 Å². The van der Waals surface area contributed by atoms with Crippen LogP contribution in [0.3, 0.4) is 0 Å². The van der Waals surface area contributed by atoms with Gasteiger partial charge in [-0.2, -0.15) is 0 Å². The Labute approximate surface area is 114 Å². The lowest BCUT2D eigenvalue weighted by Gasteiger charge is -2.25. The van der Waals surface area contributed by atoms with Gasteiger partial charge in [0.1, 0.15) is 0 Å². The van der Waals surface area contributed by atoms with Crippen molar-refractivity contribution in [1.82, 2.24) is 4.90 Å². The van der Waals surface area contributed by atoms with E-state index in [1.807, 2.05) is 0 Å². The number of nitrogens with zero attached hydrogens (tertiary/aromatic N) is 1. The van der Waals surface area contributed by atoms with Crippen molar-refractivity contribution < 1.29 is 13.5 Å². The topological polar surface area (TPSA) is 12.5 Å². The zero-order valence-electron chi connectivity index (χ0n) is 12.0. The Balaban J connectivity index is 1.53. The summed E-state index contributed by atoms with van der Waals surface area (Å²) in [6.07, 6.45) is 3.48. The van der Waals surface area contributed by atoms with E-state index in [0.29, 0.717) is 13.0 Å². The SMILES string of the molecule is CC(C)OCC1(CN2CC3CCC(F)(F)C3C2)CC1. The fourth-order valence-corrected chi connectivity index (χ4v) is 3.77. The molecule has 1 saturated heterocycles. The summed E-state index contributed by atoms with van der Waals surface area (Å²) in [5.41, 5.74) is 0.276. The van der Waals surface area contributed by atoms with Crippen LogP contribution in [0.25, 0.3) is 0 Å². The lowest BCUT2D eigenvalue weighted by molar-refractivity contribution is -0.0411. The summed E-state index contributed by atoms with van der Waals surface area (Å²) in [6.45, 7) is 7.34. The molecule has 0 radical (unpaired) electrons. The minimum absolute atomic E-state index is 0.109. The number of fused-ring (bicyclic) bond motifs is 1. The minimum atomic E-state index is -2.41. The van der Waals surface area contributed by atoms with E-state index in [4.69, 9.17) is 4.74 Å². The third kappa shape index (κ3) is 2.80. The van der Waals surface area contributed by atoms with Crippen LogP contribution in [-0.4, -0.2) is 43.2 Å². The standard InChI is InChI=1S/C15H25F2NO/c1-11(2)19-10-14(5-6-14)9-18-7-12-3-4-15(16,17)13(12)8-18/h11-13H,3-10H2,1-2H3. The molecule has 1 aliphatic heterocycles. The Hall–Kier alpha value is -0.220. The summed E-state index contributed by atoms with van der Waals surface area (Å²) in [7, 11) is 0. The highest BCUT2D eigenvalue weighted by atomic mass is 19.3. The first-order chi connectivity index (χ1) is 8.90. The molecule has 0 bridgehead atoms. The molecule has 3 aliphatic rings. The van der Waals surface area contributed by atoms with Crippen LogP contribution < -0.4 is 0 Å². The van der Waals surface area contributed by atoms with Gasteiger partial charge in [0, 0.05) is 37.4 Å². The van der Waals surface area contributed by atoms with Crippen LogP contribution >= 0.6 is 0 Å². The van der Waals surface area contributed by atoms with E-state index < -0.39 is 5.92 Å². The molecular weight excluding hydrogens is 248 g/mol. The van der Waals surface area contributed by atoms with Gasteiger partial charge in [-0.05, 0) is 39.0 Å². The zero-order chi connectivity index (χ0) is 13.7. The summed E-state index contributed by atoms with van der Waals surface area (Å²) in [4.78, 5) is 2.28. The highest BCUT2D eigenvalue weighted by molar-refractivity contribution is 5.02. The molecule has 4 heteroatoms. The molecule has 0 aromatic rings. The Morgan fingerprint density at radius 3 is 2.53 bits per heavy atom. The van der Waals surface area contributed by atoms with Gasteiger partial charge in [0.15, 0.2) is 0 Å². The molecule has 2 unspecified atom stereocenters. The summed E-state index contributed by atoms with van der Waals surface area (Å²) in [6, 6.07) is 0. The molecule has 0 aromatic heterocycles. The first-order valence-electron chi connectivity index (χ1n) is 7.62. The number of ether oxygens (including phenoxy) is 1. The summed E-state index contributed by atoms with van der Waals surface area (Å²) >= 11 is 0. The van der Waals surface area contributed by atoms with Crippen molar-refractivity contribution in [1.29, 1.82) is 0 Å². The first-order valence-corrected chi connectivity index (χ1v) is 7.62. The number of alkyl halides is 2. The molecule has 3 rings (SSSR count). The highest BCUT2D eigenvalue weighted by Gasteiger charge is 2.55. The molecule has 110 valence electrons. The van der Waals surface area contributed by atoms with Gasteiger partial charge in [-0.3, -0.25) is 0 Å². The van der Waals surface area contributed by atoms with Crippen LogP contribution in [-0.2, 0) is 4.74 Å². The molecule has 3 fully saturated rings. The second kappa shape index (κ2) is 4.66. The average Bonchev–Trinajstić information content (AvgIpc) is 2.86. The molecule has 0 aromatic carbocycles. The molecule has 2 aliphatic carbocycles. The largest absolute Gasteiger partial charge is 0.378 e. The van der Waals surface area contributed by atoms with Crippen molar-refractivity contribution in [2.75, 3.05) is 26.2 Å². The fraction of sp³-hybridized carbons (Fsp3) is 1.00. The van der Waals surface area contributed by atoms with Crippen molar-refractivity contribution in [3.8, 4) is 0 Å². The summed E-state index contributed by atoms with van der Waals surface area (Å²) < 4.78 is 33.2. The Bertz CT molecular complexity index is 341. The molecule has 19 heavy (non-hydrogen) atoms. The quantitative estimate of drug-likeness (QED) is 0.763. The van der Waals surface area contributed by atoms with Gasteiger partial charge in [0.05, 0.1) is 12.7 Å². The van der Waals surface area contributed by atoms with E-state index in [1.165, 1.54) is 12.8 Å². The van der Waals surface area contributed by atoms with Crippen molar-refractivity contribution in [3.05, 3.63) is 0 Å². The second-order valence-electron chi connectivity index (χ2n) is 7.22. The normalized spacial score (nSPS) is 35.8. The van der Waals surface area contributed by atoms with Crippen LogP contribution in [0.4, 0.5) is 8.78 Å². The van der Waals surface area contributed by atoms with Crippen LogP contribution in [0, 0.1) is 17.3 Å². The number of halogens is 2. The molecule has 2 saturated carbocycles. The first kappa shape index (κ1) is 13.7. The maximum Gasteiger partial charge on any atom is 0.252 e. The van der Waals surface area contributed by atoms with Gasteiger partial charge < -0.3 is 9.64 Å². The van der Waals surface area contributed by atoms with Crippen molar-refractivity contribution in [2.24, 2.45) is 17.3 Å². The summed E-state index contributed by atoms with van der Waals surface area (Å²) in [5.74, 6) is -2.56. The molecular formula is C15H25F2NO. The van der Waals surface area contributed by atoms with Crippen LogP contribution in [0.2, 0.25) is 0 Å². The molecule has 2 nitrogen and oxygen atoms in total. The van der Waals surface area contributed by atoms with E-state index in [0.717, 1.165) is 19.7 Å². The predicted molar refractivity (Wildman–Crippen MR) is 70.4 cm³/mol. The van der Waals surface area contributed by atoms with Crippen LogP contribution in [0.5, 0.6) is 0 Å². The maximum atomic E-state index is 13.7. The highest BCUT2D eigenvalue weighted by Crippen LogP contribution is 2.51. The van der Waals surface area contributed by atoms with Crippen molar-refractivity contribution in [3.63, 3.8) is 0 Å². The maximum absolute atomic E-state index is 13.7. The van der Waals surface area contributed by atoms with Crippen LogP contribution in [0.15, 0.2) is 0 Å². The van der Waals surface area contributed by atoms with E-state index in [2.05, 4.69) is 18.7 Å². The predicted octanol–water partition coefficient (Wildman–Crippen LogP) is 3.17. The monoisotopic (exact) mass is 273 g/mol. The van der Waals surface area contributed by atoms with Gasteiger partial charge in [-0.1, -0.05) is 0 Å². The minimum Gasteiger partial charge on any atom is -0.378 e. The lowest BCUT2D eigenvalue weighted by Crippen LogP contribution is -2.34. The Kier molecular flexibility index (Phi) is 3.37. The molecule has 0 spiro atoms. The lowest BCUT2D eigenvalue weighted by atomic mass is 9.99. The number of likely N-dealkylation sites (tertiary alicyclic amines) is 1. The van der Waals surface area contributed by atoms with Gasteiger partial charge in [0.25, 0.3) is 5.92 Å². The van der Waals surface area contributed by atoms with E-state index in [1.54, 1.807) is 0 Å². The van der Waals surface area contributed by atoms with E-state index >= 15 is 0 Å². The Morgan fingerprint density at radius 1 is 1.21 bits per heavy atom. The van der Waals surface area contributed by atoms with Crippen LogP contribution in [0.1, 0.15) is 39.5 Å². The third-order valence-electron chi connectivity index (χ3n) is 5.15. The van der Waals surface area contributed by atoms with E-state index in [9.17, 15) is 8.78 Å². The number of hydrogen-bond donors (Lipinski definition) is 0. The van der Waals surface area contributed by atoms with E-state index in [-0.39, 0.29) is 29.8 Å². The Morgan fingerprint density at radius 2 is 1.95 bits per heavy atom. The molecule has 1 heterocycles. The van der Waals surface area contributed by atoms with Gasteiger partial charge in [-0.15, -0.1) is 0 Å². The zero-order valence-corrected chi connectivity index (χ0v) is 12.0. The third-order valence-corrected chi connectivity index (χ3v) is 5.15. The summed E-state index contributed by atoms with van der Waals surface area (Å²) in [5, 5.41) is 0. The number of rotatable bonds is 5. The number of hydrogen-bond acceptors (Lipinski definition) is 2. The average molecular weight is 273 g/mol. The van der Waals surface area contributed by atoms with Gasteiger partial charge >= 0.3 is 0 Å². The molecule has 2 atom stereocenters. The smallest absolute Gasteiger partial charge is 0.252 e. The van der Waals surface area contributed by atoms with Gasteiger partial charge in [0.2, 0.25) is 0 Å². The van der Waals surface area contributed by atoms with Crippen molar-refractivity contribution in [2.45, 2.75) is 51.6 Å². The molecule has 0 N–H and O–H groups in total. The fourth-order valence-electron chi connectivity index (χ4n) is 3.77. The second-order valence-corrected chi connectivity index (χ2v) is 7.22.